The van der Waals surface area contributed by atoms with E-state index in [9.17, 15) is 14.4 Å². The maximum atomic E-state index is 14.2. The molecule has 2 N–H and O–H groups in total. The van der Waals surface area contributed by atoms with Gasteiger partial charge in [0.15, 0.2) is 0 Å². The molecule has 3 atom stereocenters. The summed E-state index contributed by atoms with van der Waals surface area (Å²) in [5.41, 5.74) is 3.22. The van der Waals surface area contributed by atoms with Crippen molar-refractivity contribution in [1.82, 2.24) is 10.2 Å². The minimum Gasteiger partial charge on any atom is -0.444 e. The van der Waals surface area contributed by atoms with Crippen LogP contribution >= 0.6 is 11.6 Å². The van der Waals surface area contributed by atoms with Gasteiger partial charge in [-0.1, -0.05) is 68.3 Å². The topological polar surface area (TPSA) is 87.7 Å². The first-order valence-electron chi connectivity index (χ1n) is 13.2. The van der Waals surface area contributed by atoms with Crippen LogP contribution in [0.4, 0.5) is 10.5 Å². The van der Waals surface area contributed by atoms with Gasteiger partial charge in [-0.3, -0.25) is 9.59 Å². The Hall–Kier alpha value is -3.32. The van der Waals surface area contributed by atoms with E-state index in [0.717, 1.165) is 16.7 Å². The van der Waals surface area contributed by atoms with Gasteiger partial charge in [0.05, 0.1) is 10.7 Å². The predicted molar refractivity (Wildman–Crippen MR) is 158 cm³/mol. The van der Waals surface area contributed by atoms with Crippen molar-refractivity contribution in [2.24, 2.45) is 5.92 Å². The van der Waals surface area contributed by atoms with Gasteiger partial charge < -0.3 is 20.3 Å². The first-order valence-corrected chi connectivity index (χ1v) is 13.6. The molecule has 2 rings (SSSR count). The average Bonchev–Trinajstić information content (AvgIpc) is 2.84. The van der Waals surface area contributed by atoms with Crippen LogP contribution in [-0.4, -0.2) is 41.0 Å². The Morgan fingerprint density at radius 1 is 1.08 bits per heavy atom. The van der Waals surface area contributed by atoms with Crippen LogP contribution in [0, 0.1) is 26.7 Å². The number of carbonyl (C=O) groups is 3. The lowest BCUT2D eigenvalue weighted by atomic mass is 9.94. The number of halogens is 1. The van der Waals surface area contributed by atoms with E-state index in [2.05, 4.69) is 17.2 Å². The molecule has 39 heavy (non-hydrogen) atoms. The third-order valence-electron chi connectivity index (χ3n) is 6.64. The standard InChI is InChI=1S/C31H42ClN3O4/c1-10-17-35(29(37)26(19(3)11-2)34-30(38)39-31(7,8)9)27(23-16-15-20(4)22(6)18-23)28(36)33-25-21(5)13-12-14-24(25)32/h10,12-16,18-19,26-27H,1,11,17H2,2-9H3,(H,33,36)(H,34,38). The number of ether oxygens (including phenoxy) is 1. The lowest BCUT2D eigenvalue weighted by Gasteiger charge is -2.35. The number of carbonyl (C=O) groups excluding carboxylic acids is 3. The van der Waals surface area contributed by atoms with Crippen LogP contribution in [-0.2, 0) is 14.3 Å². The van der Waals surface area contributed by atoms with Crippen molar-refractivity contribution in [3.05, 3.63) is 76.3 Å². The Bertz CT molecular complexity index is 1180. The molecule has 3 amide bonds. The van der Waals surface area contributed by atoms with Crippen molar-refractivity contribution < 1.29 is 19.1 Å². The van der Waals surface area contributed by atoms with Gasteiger partial charge in [0.2, 0.25) is 5.91 Å². The maximum absolute atomic E-state index is 14.2. The molecule has 0 aliphatic rings. The van der Waals surface area contributed by atoms with E-state index in [1.54, 1.807) is 39.0 Å². The van der Waals surface area contributed by atoms with Crippen LogP contribution in [0.15, 0.2) is 49.1 Å². The molecule has 0 spiro atoms. The lowest BCUT2D eigenvalue weighted by Crippen LogP contribution is -2.54. The van der Waals surface area contributed by atoms with Crippen LogP contribution in [0.5, 0.6) is 0 Å². The Labute approximate surface area is 237 Å². The highest BCUT2D eigenvalue weighted by atomic mass is 35.5. The molecule has 0 heterocycles. The van der Waals surface area contributed by atoms with Gasteiger partial charge in [-0.25, -0.2) is 4.79 Å². The molecular weight excluding hydrogens is 514 g/mol. The van der Waals surface area contributed by atoms with Gasteiger partial charge in [0, 0.05) is 6.54 Å². The van der Waals surface area contributed by atoms with E-state index >= 15 is 0 Å². The molecule has 0 fully saturated rings. The molecule has 8 heteroatoms. The number of nitrogens with zero attached hydrogens (tertiary/aromatic N) is 1. The van der Waals surface area contributed by atoms with Gasteiger partial charge in [-0.05, 0) is 75.8 Å². The number of hydrogen-bond donors (Lipinski definition) is 2. The van der Waals surface area contributed by atoms with E-state index in [1.165, 1.54) is 4.90 Å². The number of benzene rings is 2. The highest BCUT2D eigenvalue weighted by Crippen LogP contribution is 2.30. The monoisotopic (exact) mass is 555 g/mol. The van der Waals surface area contributed by atoms with Crippen LogP contribution in [0.1, 0.15) is 69.3 Å². The molecule has 7 nitrogen and oxygen atoms in total. The summed E-state index contributed by atoms with van der Waals surface area (Å²) < 4.78 is 5.44. The second-order valence-corrected chi connectivity index (χ2v) is 11.4. The molecule has 0 aromatic heterocycles. The number of hydrogen-bond acceptors (Lipinski definition) is 4. The summed E-state index contributed by atoms with van der Waals surface area (Å²) in [5.74, 6) is -1.07. The number of aryl methyl sites for hydroxylation is 3. The fourth-order valence-corrected chi connectivity index (χ4v) is 4.42. The van der Waals surface area contributed by atoms with Crippen LogP contribution in [0.3, 0.4) is 0 Å². The number of rotatable bonds is 10. The minimum absolute atomic E-state index is 0.0777. The van der Waals surface area contributed by atoms with Gasteiger partial charge >= 0.3 is 6.09 Å². The summed E-state index contributed by atoms with van der Waals surface area (Å²) in [5, 5.41) is 6.10. The van der Waals surface area contributed by atoms with Gasteiger partial charge in [0.1, 0.15) is 17.7 Å². The van der Waals surface area contributed by atoms with E-state index in [0.29, 0.717) is 22.7 Å². The number of amides is 3. The van der Waals surface area contributed by atoms with Crippen molar-refractivity contribution in [1.29, 1.82) is 0 Å². The smallest absolute Gasteiger partial charge is 0.408 e. The van der Waals surface area contributed by atoms with Crippen LogP contribution in [0.25, 0.3) is 0 Å². The number of para-hydroxylation sites is 1. The van der Waals surface area contributed by atoms with Gasteiger partial charge in [0.25, 0.3) is 5.91 Å². The predicted octanol–water partition coefficient (Wildman–Crippen LogP) is 6.90. The van der Waals surface area contributed by atoms with Crippen molar-refractivity contribution in [3.8, 4) is 0 Å². The van der Waals surface area contributed by atoms with Gasteiger partial charge in [-0.2, -0.15) is 0 Å². The Morgan fingerprint density at radius 2 is 1.74 bits per heavy atom. The molecule has 2 aromatic carbocycles. The zero-order chi connectivity index (χ0) is 29.5. The van der Waals surface area contributed by atoms with E-state index in [-0.39, 0.29) is 12.5 Å². The average molecular weight is 556 g/mol. The second kappa shape index (κ2) is 13.7. The summed E-state index contributed by atoms with van der Waals surface area (Å²) in [6.45, 7) is 18.8. The molecule has 0 aliphatic heterocycles. The molecule has 3 unspecified atom stereocenters. The zero-order valence-electron chi connectivity index (χ0n) is 24.4. The second-order valence-electron chi connectivity index (χ2n) is 11.0. The van der Waals surface area contributed by atoms with Crippen molar-refractivity contribution >= 4 is 35.2 Å². The summed E-state index contributed by atoms with van der Waals surface area (Å²) in [7, 11) is 0. The number of nitrogens with one attached hydrogen (secondary N) is 2. The first-order chi connectivity index (χ1) is 18.2. The minimum atomic E-state index is -1.02. The third-order valence-corrected chi connectivity index (χ3v) is 6.95. The van der Waals surface area contributed by atoms with E-state index < -0.39 is 35.6 Å². The normalized spacial score (nSPS) is 13.6. The maximum Gasteiger partial charge on any atom is 0.408 e. The Kier molecular flexibility index (Phi) is 11.2. The fraction of sp³-hybridized carbons (Fsp3) is 0.452. The molecule has 0 saturated carbocycles. The Balaban J connectivity index is 2.61. The number of anilines is 1. The largest absolute Gasteiger partial charge is 0.444 e. The summed E-state index contributed by atoms with van der Waals surface area (Å²) in [4.78, 5) is 42.4. The zero-order valence-corrected chi connectivity index (χ0v) is 25.1. The number of alkyl carbamates (subject to hydrolysis) is 1. The quantitative estimate of drug-likeness (QED) is 0.312. The van der Waals surface area contributed by atoms with Crippen LogP contribution < -0.4 is 10.6 Å². The highest BCUT2D eigenvalue weighted by Gasteiger charge is 2.38. The Morgan fingerprint density at radius 3 is 2.28 bits per heavy atom. The van der Waals surface area contributed by atoms with E-state index in [4.69, 9.17) is 16.3 Å². The van der Waals surface area contributed by atoms with Crippen molar-refractivity contribution in [2.45, 2.75) is 79.5 Å². The molecule has 0 bridgehead atoms. The summed E-state index contributed by atoms with van der Waals surface area (Å²) >= 11 is 6.42. The fourth-order valence-electron chi connectivity index (χ4n) is 4.15. The van der Waals surface area contributed by atoms with Crippen LogP contribution in [0.2, 0.25) is 5.02 Å². The first kappa shape index (κ1) is 31.9. The molecular formula is C31H42ClN3O4. The third kappa shape index (κ3) is 8.59. The molecule has 0 radical (unpaired) electrons. The van der Waals surface area contributed by atoms with E-state index in [1.807, 2.05) is 58.9 Å². The lowest BCUT2D eigenvalue weighted by molar-refractivity contribution is -0.141. The molecule has 0 saturated heterocycles. The molecule has 0 aliphatic carbocycles. The summed E-state index contributed by atoms with van der Waals surface area (Å²) in [6.07, 6.45) is 1.49. The van der Waals surface area contributed by atoms with Crippen molar-refractivity contribution in [3.63, 3.8) is 0 Å². The SMILES string of the molecule is C=CCN(C(=O)C(NC(=O)OC(C)(C)C)C(C)CC)C(C(=O)Nc1c(C)cccc1Cl)c1ccc(C)c(C)c1. The van der Waals surface area contributed by atoms with Crippen molar-refractivity contribution in [2.75, 3.05) is 11.9 Å². The van der Waals surface area contributed by atoms with Gasteiger partial charge in [-0.15, -0.1) is 6.58 Å². The molecule has 212 valence electrons. The summed E-state index contributed by atoms with van der Waals surface area (Å²) in [6, 6.07) is 9.09. The molecule has 2 aromatic rings. The highest BCUT2D eigenvalue weighted by molar-refractivity contribution is 6.34.